The smallest absolute Gasteiger partial charge is 0.265 e. The van der Waals surface area contributed by atoms with E-state index in [0.717, 1.165) is 4.70 Å². The van der Waals surface area contributed by atoms with Crippen LogP contribution in [0.2, 0.25) is 5.02 Å². The lowest BCUT2D eigenvalue weighted by Crippen LogP contribution is -2.09. The molecule has 3 rings (SSSR count). The molecule has 22 heavy (non-hydrogen) atoms. The van der Waals surface area contributed by atoms with E-state index in [1.807, 2.05) is 0 Å². The number of nitrogens with one attached hydrogen (secondary N) is 1. The van der Waals surface area contributed by atoms with E-state index in [2.05, 4.69) is 5.32 Å². The molecule has 1 N–H and O–H groups in total. The van der Waals surface area contributed by atoms with Crippen LogP contribution < -0.4 is 10.1 Å². The van der Waals surface area contributed by atoms with Gasteiger partial charge in [0, 0.05) is 10.4 Å². The van der Waals surface area contributed by atoms with Crippen LogP contribution in [-0.2, 0) is 0 Å². The second-order valence-corrected chi connectivity index (χ2v) is 6.09. The largest absolute Gasteiger partial charge is 0.495 e. The Hall–Kier alpha value is -2.11. The van der Waals surface area contributed by atoms with E-state index >= 15 is 0 Å². The normalized spacial score (nSPS) is 10.7. The fourth-order valence-corrected chi connectivity index (χ4v) is 3.26. The van der Waals surface area contributed by atoms with Crippen molar-refractivity contribution in [2.45, 2.75) is 0 Å². The van der Waals surface area contributed by atoms with E-state index in [4.69, 9.17) is 16.3 Å². The maximum Gasteiger partial charge on any atom is 0.265 e. The average Bonchev–Trinajstić information content (AvgIpc) is 2.90. The lowest BCUT2D eigenvalue weighted by atomic mass is 10.2. The molecule has 6 heteroatoms. The average molecular weight is 336 g/mol. The van der Waals surface area contributed by atoms with Gasteiger partial charge in [-0.15, -0.1) is 11.3 Å². The molecule has 112 valence electrons. The summed E-state index contributed by atoms with van der Waals surface area (Å²) in [5.41, 5.74) is 0.569. The number of thiophene rings is 1. The Labute approximate surface area is 135 Å². The summed E-state index contributed by atoms with van der Waals surface area (Å²) in [6.45, 7) is 0. The van der Waals surface area contributed by atoms with Crippen LogP contribution in [0.25, 0.3) is 10.1 Å². The molecular formula is C16H11ClFNO2S. The summed E-state index contributed by atoms with van der Waals surface area (Å²) in [6, 6.07) is 11.1. The molecule has 0 bridgehead atoms. The number of carbonyl (C=O) groups excluding carboxylic acids is 1. The van der Waals surface area contributed by atoms with Crippen LogP contribution in [0.4, 0.5) is 10.1 Å². The van der Waals surface area contributed by atoms with E-state index in [1.165, 1.54) is 30.6 Å². The SMILES string of the molecule is COc1ccc(NC(=O)c2cc3cc(F)ccc3s2)cc1Cl. The summed E-state index contributed by atoms with van der Waals surface area (Å²) < 4.78 is 19.1. The van der Waals surface area contributed by atoms with Crippen molar-refractivity contribution in [3.8, 4) is 5.75 Å². The summed E-state index contributed by atoms with van der Waals surface area (Å²) in [5.74, 6) is -0.0426. The zero-order valence-corrected chi connectivity index (χ0v) is 13.1. The maximum absolute atomic E-state index is 13.2. The first-order chi connectivity index (χ1) is 10.6. The molecule has 0 aliphatic rings. The van der Waals surface area contributed by atoms with E-state index in [-0.39, 0.29) is 11.7 Å². The first-order valence-electron chi connectivity index (χ1n) is 6.41. The molecule has 0 saturated carbocycles. The van der Waals surface area contributed by atoms with Crippen molar-refractivity contribution in [3.05, 3.63) is 58.2 Å². The number of anilines is 1. The molecule has 0 spiro atoms. The third-order valence-corrected chi connectivity index (χ3v) is 4.52. The van der Waals surface area contributed by atoms with Gasteiger partial charge in [-0.1, -0.05) is 11.6 Å². The van der Waals surface area contributed by atoms with Gasteiger partial charge in [0.15, 0.2) is 0 Å². The number of benzene rings is 2. The molecule has 0 unspecified atom stereocenters. The number of hydrogen-bond acceptors (Lipinski definition) is 3. The summed E-state index contributed by atoms with van der Waals surface area (Å²) in [5, 5.41) is 3.89. The minimum atomic E-state index is -0.320. The lowest BCUT2D eigenvalue weighted by molar-refractivity contribution is 0.103. The summed E-state index contributed by atoms with van der Waals surface area (Å²) >= 11 is 7.33. The van der Waals surface area contributed by atoms with Crippen LogP contribution in [0, 0.1) is 5.82 Å². The second-order valence-electron chi connectivity index (χ2n) is 4.60. The van der Waals surface area contributed by atoms with Crippen molar-refractivity contribution in [2.24, 2.45) is 0 Å². The highest BCUT2D eigenvalue weighted by Gasteiger charge is 2.12. The zero-order valence-electron chi connectivity index (χ0n) is 11.5. The molecule has 0 atom stereocenters. The first kappa shape index (κ1) is 14.8. The minimum Gasteiger partial charge on any atom is -0.495 e. The van der Waals surface area contributed by atoms with Crippen molar-refractivity contribution in [3.63, 3.8) is 0 Å². The fraction of sp³-hybridized carbons (Fsp3) is 0.0625. The number of ether oxygens (including phenoxy) is 1. The molecule has 2 aromatic carbocycles. The van der Waals surface area contributed by atoms with Gasteiger partial charge in [-0.25, -0.2) is 4.39 Å². The highest BCUT2D eigenvalue weighted by Crippen LogP contribution is 2.29. The fourth-order valence-electron chi connectivity index (χ4n) is 2.06. The highest BCUT2D eigenvalue weighted by atomic mass is 35.5. The molecule has 0 saturated heterocycles. The maximum atomic E-state index is 13.2. The Bertz CT molecular complexity index is 862. The van der Waals surface area contributed by atoms with Gasteiger partial charge in [-0.3, -0.25) is 4.79 Å². The van der Waals surface area contributed by atoms with Gasteiger partial charge in [-0.05, 0) is 47.9 Å². The molecule has 0 aliphatic heterocycles. The Kier molecular flexibility index (Phi) is 4.00. The quantitative estimate of drug-likeness (QED) is 0.735. The Morgan fingerprint density at radius 1 is 1.23 bits per heavy atom. The van der Waals surface area contributed by atoms with Crippen LogP contribution in [0.1, 0.15) is 9.67 Å². The molecule has 1 heterocycles. The number of carbonyl (C=O) groups is 1. The van der Waals surface area contributed by atoms with Crippen LogP contribution in [-0.4, -0.2) is 13.0 Å². The van der Waals surface area contributed by atoms with Crippen LogP contribution in [0.5, 0.6) is 5.75 Å². The number of halogens is 2. The van der Waals surface area contributed by atoms with E-state index in [1.54, 1.807) is 30.3 Å². The van der Waals surface area contributed by atoms with Crippen molar-refractivity contribution in [1.29, 1.82) is 0 Å². The molecular weight excluding hydrogens is 325 g/mol. The number of rotatable bonds is 3. The van der Waals surface area contributed by atoms with Crippen LogP contribution in [0.15, 0.2) is 42.5 Å². The lowest BCUT2D eigenvalue weighted by Gasteiger charge is -2.07. The standard InChI is InChI=1S/C16H11ClFNO2S/c1-21-13-4-3-11(8-12(13)17)19-16(20)15-7-9-6-10(18)2-5-14(9)22-15/h2-8H,1H3,(H,19,20). The third-order valence-electron chi connectivity index (χ3n) is 3.11. The van der Waals surface area contributed by atoms with Gasteiger partial charge in [0.2, 0.25) is 0 Å². The Morgan fingerprint density at radius 2 is 2.05 bits per heavy atom. The first-order valence-corrected chi connectivity index (χ1v) is 7.60. The van der Waals surface area contributed by atoms with Crippen LogP contribution >= 0.6 is 22.9 Å². The predicted molar refractivity (Wildman–Crippen MR) is 87.7 cm³/mol. The summed E-state index contributed by atoms with van der Waals surface area (Å²) in [7, 11) is 1.52. The monoisotopic (exact) mass is 335 g/mol. The van der Waals surface area contributed by atoms with E-state index < -0.39 is 0 Å². The van der Waals surface area contributed by atoms with Crippen LogP contribution in [0.3, 0.4) is 0 Å². The topological polar surface area (TPSA) is 38.3 Å². The summed E-state index contributed by atoms with van der Waals surface area (Å²) in [6.07, 6.45) is 0. The van der Waals surface area contributed by atoms with Gasteiger partial charge in [0.1, 0.15) is 11.6 Å². The molecule has 1 amide bonds. The number of amides is 1. The second kappa shape index (κ2) is 5.94. The molecule has 0 aliphatic carbocycles. The van der Waals surface area contributed by atoms with Gasteiger partial charge >= 0.3 is 0 Å². The number of hydrogen-bond donors (Lipinski definition) is 1. The summed E-state index contributed by atoms with van der Waals surface area (Å²) in [4.78, 5) is 12.8. The van der Waals surface area contributed by atoms with E-state index in [9.17, 15) is 9.18 Å². The van der Waals surface area contributed by atoms with Crippen molar-refractivity contribution < 1.29 is 13.9 Å². The molecule has 3 aromatic rings. The minimum absolute atomic E-state index is 0.261. The Morgan fingerprint density at radius 3 is 2.77 bits per heavy atom. The van der Waals surface area contributed by atoms with Crippen molar-refractivity contribution in [2.75, 3.05) is 12.4 Å². The predicted octanol–water partition coefficient (Wildman–Crippen LogP) is 4.95. The highest BCUT2D eigenvalue weighted by molar-refractivity contribution is 7.20. The molecule has 0 fully saturated rings. The van der Waals surface area contributed by atoms with Gasteiger partial charge in [0.25, 0.3) is 5.91 Å². The molecule has 0 radical (unpaired) electrons. The zero-order chi connectivity index (χ0) is 15.7. The van der Waals surface area contributed by atoms with Gasteiger partial charge in [-0.2, -0.15) is 0 Å². The Balaban J connectivity index is 1.85. The number of fused-ring (bicyclic) bond motifs is 1. The van der Waals surface area contributed by atoms with Gasteiger partial charge < -0.3 is 10.1 Å². The third kappa shape index (κ3) is 2.91. The van der Waals surface area contributed by atoms with Crippen molar-refractivity contribution >= 4 is 44.6 Å². The van der Waals surface area contributed by atoms with E-state index in [0.29, 0.717) is 26.7 Å². The molecule has 3 nitrogen and oxygen atoms in total. The van der Waals surface area contributed by atoms with Gasteiger partial charge in [0.05, 0.1) is 17.0 Å². The number of methoxy groups -OCH3 is 1. The molecule has 1 aromatic heterocycles. The van der Waals surface area contributed by atoms with Crippen molar-refractivity contribution in [1.82, 2.24) is 0 Å².